The Balaban J connectivity index is 4.79. The van der Waals surface area contributed by atoms with Crippen LogP contribution in [0, 0.1) is 5.41 Å². The van der Waals surface area contributed by atoms with Crippen LogP contribution in [0.25, 0.3) is 0 Å². The van der Waals surface area contributed by atoms with Gasteiger partial charge in [0.2, 0.25) is 0 Å². The third-order valence-corrected chi connectivity index (χ3v) is 2.44. The van der Waals surface area contributed by atoms with Crippen LogP contribution >= 0.6 is 0 Å². The van der Waals surface area contributed by atoms with Crippen molar-refractivity contribution in [2.45, 2.75) is 47.6 Å². The molecule has 0 rings (SSSR count). The van der Waals surface area contributed by atoms with E-state index in [2.05, 4.69) is 39.4 Å². The van der Waals surface area contributed by atoms with Crippen LogP contribution in [0.5, 0.6) is 0 Å². The second-order valence-electron chi connectivity index (χ2n) is 4.73. The molecule has 0 radical (unpaired) electrons. The van der Waals surface area contributed by atoms with Gasteiger partial charge in [0.25, 0.3) is 0 Å². The van der Waals surface area contributed by atoms with Crippen molar-refractivity contribution in [2.24, 2.45) is 10.4 Å². The zero-order valence-corrected chi connectivity index (χ0v) is 10.8. The summed E-state index contributed by atoms with van der Waals surface area (Å²) in [6.07, 6.45) is 4.01. The lowest BCUT2D eigenvalue weighted by atomic mass is 9.90. The Morgan fingerprint density at radius 2 is 1.93 bits per heavy atom. The van der Waals surface area contributed by atoms with E-state index in [1.807, 2.05) is 26.0 Å². The lowest BCUT2D eigenvalue weighted by Gasteiger charge is -2.28. The zero-order chi connectivity index (χ0) is 12.1. The summed E-state index contributed by atoms with van der Waals surface area (Å²) in [5, 5.41) is 0. The first-order valence-corrected chi connectivity index (χ1v) is 5.30. The monoisotopic (exact) mass is 209 g/mol. The summed E-state index contributed by atoms with van der Waals surface area (Å²) in [6.45, 7) is 15.9. The molecule has 0 aliphatic heterocycles. The van der Waals surface area contributed by atoms with Crippen molar-refractivity contribution < 1.29 is 4.74 Å². The van der Waals surface area contributed by atoms with Gasteiger partial charge in [0.15, 0.2) is 0 Å². The van der Waals surface area contributed by atoms with E-state index in [-0.39, 0.29) is 11.5 Å². The van der Waals surface area contributed by atoms with Crippen molar-refractivity contribution in [1.29, 1.82) is 0 Å². The number of rotatable bonds is 4. The first-order valence-electron chi connectivity index (χ1n) is 5.30. The van der Waals surface area contributed by atoms with Gasteiger partial charge in [0.1, 0.15) is 11.9 Å². The lowest BCUT2D eigenvalue weighted by molar-refractivity contribution is 0.0464. The lowest BCUT2D eigenvalue weighted by Crippen LogP contribution is -2.25. The molecule has 0 aromatic carbocycles. The molecule has 0 heterocycles. The SMILES string of the molecule is C=N/C(C)=C(\C=C/C)OC(C)C(C)(C)C. The van der Waals surface area contributed by atoms with Crippen LogP contribution in [-0.4, -0.2) is 12.8 Å². The molecule has 2 heteroatoms. The molecular weight excluding hydrogens is 186 g/mol. The average Bonchev–Trinajstić information content (AvgIpc) is 2.14. The van der Waals surface area contributed by atoms with Crippen molar-refractivity contribution >= 4 is 6.72 Å². The number of allylic oxidation sites excluding steroid dienone is 3. The molecule has 0 aliphatic carbocycles. The molecule has 0 aliphatic rings. The fourth-order valence-electron chi connectivity index (χ4n) is 0.842. The predicted octanol–water partition coefficient (Wildman–Crippen LogP) is 3.95. The summed E-state index contributed by atoms with van der Waals surface area (Å²) in [4.78, 5) is 3.90. The number of aliphatic imine (C=N–C) groups is 1. The number of hydrogen-bond donors (Lipinski definition) is 0. The highest BCUT2D eigenvalue weighted by Crippen LogP contribution is 2.25. The molecule has 0 aromatic heterocycles. The van der Waals surface area contributed by atoms with Gasteiger partial charge in [0, 0.05) is 0 Å². The molecule has 0 fully saturated rings. The fourth-order valence-corrected chi connectivity index (χ4v) is 0.842. The summed E-state index contributed by atoms with van der Waals surface area (Å²) in [5.41, 5.74) is 0.943. The molecule has 0 N–H and O–H groups in total. The van der Waals surface area contributed by atoms with Crippen molar-refractivity contribution in [1.82, 2.24) is 0 Å². The summed E-state index contributed by atoms with van der Waals surface area (Å²) in [5.74, 6) is 0.801. The fraction of sp³-hybridized carbons (Fsp3) is 0.615. The zero-order valence-electron chi connectivity index (χ0n) is 10.8. The van der Waals surface area contributed by atoms with Gasteiger partial charge in [-0.15, -0.1) is 0 Å². The second-order valence-corrected chi connectivity index (χ2v) is 4.73. The molecule has 2 nitrogen and oxygen atoms in total. The van der Waals surface area contributed by atoms with Crippen LogP contribution in [0.3, 0.4) is 0 Å². The van der Waals surface area contributed by atoms with E-state index in [9.17, 15) is 0 Å². The van der Waals surface area contributed by atoms with Gasteiger partial charge in [-0.2, -0.15) is 0 Å². The van der Waals surface area contributed by atoms with E-state index in [4.69, 9.17) is 4.74 Å². The Morgan fingerprint density at radius 1 is 1.40 bits per heavy atom. The number of hydrogen-bond acceptors (Lipinski definition) is 2. The summed E-state index contributed by atoms with van der Waals surface area (Å²) in [7, 11) is 0. The molecule has 15 heavy (non-hydrogen) atoms. The van der Waals surface area contributed by atoms with Gasteiger partial charge in [0.05, 0.1) is 5.70 Å². The Morgan fingerprint density at radius 3 is 2.27 bits per heavy atom. The van der Waals surface area contributed by atoms with Crippen LogP contribution in [0.2, 0.25) is 0 Å². The van der Waals surface area contributed by atoms with Crippen LogP contribution in [0.4, 0.5) is 0 Å². The van der Waals surface area contributed by atoms with Gasteiger partial charge in [-0.1, -0.05) is 26.8 Å². The quantitative estimate of drug-likeness (QED) is 0.390. The topological polar surface area (TPSA) is 21.6 Å². The molecule has 1 unspecified atom stereocenters. The Hall–Kier alpha value is -1.05. The Labute approximate surface area is 93.7 Å². The summed E-state index contributed by atoms with van der Waals surface area (Å²) >= 11 is 0. The first-order chi connectivity index (χ1) is 6.82. The van der Waals surface area contributed by atoms with E-state index in [1.54, 1.807) is 0 Å². The van der Waals surface area contributed by atoms with E-state index in [1.165, 1.54) is 0 Å². The highest BCUT2D eigenvalue weighted by atomic mass is 16.5. The molecule has 0 aromatic rings. The van der Waals surface area contributed by atoms with Crippen LogP contribution < -0.4 is 0 Å². The van der Waals surface area contributed by atoms with Crippen molar-refractivity contribution in [3.8, 4) is 0 Å². The van der Waals surface area contributed by atoms with E-state index >= 15 is 0 Å². The maximum atomic E-state index is 5.87. The van der Waals surface area contributed by atoms with Crippen LogP contribution in [0.1, 0.15) is 41.5 Å². The molecule has 0 amide bonds. The van der Waals surface area contributed by atoms with E-state index in [0.717, 1.165) is 11.5 Å². The maximum absolute atomic E-state index is 5.87. The van der Waals surface area contributed by atoms with E-state index in [0.29, 0.717) is 0 Å². The molecule has 0 saturated carbocycles. The molecule has 1 atom stereocenters. The summed E-state index contributed by atoms with van der Waals surface area (Å²) in [6, 6.07) is 0. The largest absolute Gasteiger partial charge is 0.488 e. The Bertz CT molecular complexity index is 269. The van der Waals surface area contributed by atoms with Crippen molar-refractivity contribution in [2.75, 3.05) is 0 Å². The van der Waals surface area contributed by atoms with Crippen LogP contribution in [-0.2, 0) is 4.74 Å². The van der Waals surface area contributed by atoms with Gasteiger partial charge in [-0.3, -0.25) is 4.99 Å². The smallest absolute Gasteiger partial charge is 0.140 e. The number of ether oxygens (including phenoxy) is 1. The molecular formula is C13H23NO. The van der Waals surface area contributed by atoms with Gasteiger partial charge in [-0.05, 0) is 39.0 Å². The Kier molecular flexibility index (Phi) is 5.34. The second kappa shape index (κ2) is 5.74. The van der Waals surface area contributed by atoms with Gasteiger partial charge < -0.3 is 4.74 Å². The molecule has 0 bridgehead atoms. The minimum Gasteiger partial charge on any atom is -0.488 e. The highest BCUT2D eigenvalue weighted by molar-refractivity contribution is 5.31. The molecule has 0 saturated heterocycles. The minimum atomic E-state index is 0.119. The van der Waals surface area contributed by atoms with Crippen molar-refractivity contribution in [3.05, 3.63) is 23.6 Å². The predicted molar refractivity (Wildman–Crippen MR) is 67.1 cm³/mol. The van der Waals surface area contributed by atoms with Gasteiger partial charge in [-0.25, -0.2) is 0 Å². The minimum absolute atomic E-state index is 0.119. The molecule has 0 spiro atoms. The normalized spacial score (nSPS) is 16.1. The maximum Gasteiger partial charge on any atom is 0.140 e. The van der Waals surface area contributed by atoms with Crippen LogP contribution in [0.15, 0.2) is 28.6 Å². The highest BCUT2D eigenvalue weighted by Gasteiger charge is 2.22. The van der Waals surface area contributed by atoms with E-state index < -0.39 is 0 Å². The van der Waals surface area contributed by atoms with Crippen molar-refractivity contribution in [3.63, 3.8) is 0 Å². The third kappa shape index (κ3) is 4.82. The summed E-state index contributed by atoms with van der Waals surface area (Å²) < 4.78 is 5.87. The first kappa shape index (κ1) is 13.9. The molecule has 86 valence electrons. The van der Waals surface area contributed by atoms with Gasteiger partial charge >= 0.3 is 0 Å². The standard InChI is InChI=1S/C13H23NO/c1-8-9-12(10(2)14-7)15-11(3)13(4,5)6/h8-9,11H,7H2,1-6H3/b9-8-,12-10+. The number of nitrogens with zero attached hydrogens (tertiary/aromatic N) is 1. The third-order valence-electron chi connectivity index (χ3n) is 2.44. The average molecular weight is 209 g/mol.